The van der Waals surface area contributed by atoms with E-state index in [0.717, 1.165) is 46.0 Å². The van der Waals surface area contributed by atoms with Crippen molar-refractivity contribution in [3.8, 4) is 23.3 Å². The number of phenolic OH excluding ortho intramolecular Hbond substituents is 1. The molecule has 5 nitrogen and oxygen atoms in total. The van der Waals surface area contributed by atoms with E-state index >= 15 is 0 Å². The quantitative estimate of drug-likeness (QED) is 0.391. The maximum Gasteiger partial charge on any atom is 0.150 e. The number of rotatable bonds is 7. The molecular formula is C30H29ClN2O3. The third kappa shape index (κ3) is 4.80. The monoisotopic (exact) mass is 500 g/mol. The van der Waals surface area contributed by atoms with Gasteiger partial charge in [-0.3, -0.25) is 4.90 Å². The number of nitriles is 1. The SMILES string of the molecule is CCC1CN(CCOc2ccc([C@H]3Oc4ccc(O)cc4C(C)=C3c3ccc(C#N)c(Cl)c3)cc2)C1. The lowest BCUT2D eigenvalue weighted by molar-refractivity contribution is 0.0806. The summed E-state index contributed by atoms with van der Waals surface area (Å²) < 4.78 is 12.5. The van der Waals surface area contributed by atoms with Gasteiger partial charge in [0.15, 0.2) is 0 Å². The summed E-state index contributed by atoms with van der Waals surface area (Å²) in [7, 11) is 0. The van der Waals surface area contributed by atoms with Gasteiger partial charge in [-0.05, 0) is 72.0 Å². The van der Waals surface area contributed by atoms with E-state index < -0.39 is 0 Å². The number of phenols is 1. The standard InChI is InChI=1S/C30H29ClN2O3/c1-3-20-17-33(18-20)12-13-35-25-9-6-21(7-10-25)30-29(22-4-5-23(16-32)27(31)14-22)19(2)26-15-24(34)8-11-28(26)36-30/h4-11,14-15,20,30,34H,3,12-13,17-18H2,1-2H3/t30-/m1/s1. The van der Waals surface area contributed by atoms with Crippen LogP contribution >= 0.6 is 11.6 Å². The Morgan fingerprint density at radius 1 is 1.11 bits per heavy atom. The van der Waals surface area contributed by atoms with E-state index in [9.17, 15) is 10.4 Å². The molecule has 1 atom stereocenters. The molecule has 2 aliphatic heterocycles. The van der Waals surface area contributed by atoms with Crippen LogP contribution in [0.5, 0.6) is 17.2 Å². The molecule has 0 bridgehead atoms. The number of benzene rings is 3. The van der Waals surface area contributed by atoms with Crippen molar-refractivity contribution in [3.63, 3.8) is 0 Å². The second kappa shape index (κ2) is 10.3. The highest BCUT2D eigenvalue weighted by Crippen LogP contribution is 2.47. The Morgan fingerprint density at radius 3 is 2.58 bits per heavy atom. The Kier molecular flexibility index (Phi) is 6.91. The van der Waals surface area contributed by atoms with E-state index in [1.165, 1.54) is 19.5 Å². The van der Waals surface area contributed by atoms with Gasteiger partial charge in [-0.2, -0.15) is 5.26 Å². The van der Waals surface area contributed by atoms with Gasteiger partial charge in [0.25, 0.3) is 0 Å². The van der Waals surface area contributed by atoms with Crippen molar-refractivity contribution in [1.29, 1.82) is 5.26 Å². The van der Waals surface area contributed by atoms with Crippen LogP contribution in [-0.4, -0.2) is 36.2 Å². The van der Waals surface area contributed by atoms with Crippen molar-refractivity contribution in [2.24, 2.45) is 5.92 Å². The van der Waals surface area contributed by atoms with Crippen molar-refractivity contribution in [2.75, 3.05) is 26.2 Å². The number of nitrogens with zero attached hydrogens (tertiary/aromatic N) is 2. The van der Waals surface area contributed by atoms with Crippen molar-refractivity contribution in [3.05, 3.63) is 87.9 Å². The first-order valence-electron chi connectivity index (χ1n) is 12.3. The van der Waals surface area contributed by atoms with E-state index in [1.54, 1.807) is 30.3 Å². The maximum atomic E-state index is 10.1. The minimum Gasteiger partial charge on any atom is -0.508 e. The molecule has 0 aromatic heterocycles. The van der Waals surface area contributed by atoms with Gasteiger partial charge in [0.1, 0.15) is 36.0 Å². The van der Waals surface area contributed by atoms with Crippen LogP contribution in [0.4, 0.5) is 0 Å². The number of allylic oxidation sites excluding steroid dienone is 1. The van der Waals surface area contributed by atoms with E-state index in [2.05, 4.69) is 17.9 Å². The zero-order chi connectivity index (χ0) is 25.2. The van der Waals surface area contributed by atoms with Crippen LogP contribution in [0.1, 0.15) is 48.6 Å². The largest absolute Gasteiger partial charge is 0.508 e. The number of likely N-dealkylation sites (tertiary alicyclic amines) is 1. The van der Waals surface area contributed by atoms with E-state index in [4.69, 9.17) is 21.1 Å². The fourth-order valence-electron chi connectivity index (χ4n) is 4.97. The molecule has 36 heavy (non-hydrogen) atoms. The average Bonchev–Trinajstić information content (AvgIpc) is 2.86. The van der Waals surface area contributed by atoms with Crippen LogP contribution in [0.2, 0.25) is 5.02 Å². The summed E-state index contributed by atoms with van der Waals surface area (Å²) in [5.41, 5.74) is 5.03. The highest BCUT2D eigenvalue weighted by atomic mass is 35.5. The number of hydrogen-bond acceptors (Lipinski definition) is 5. The summed E-state index contributed by atoms with van der Waals surface area (Å²) in [5.74, 6) is 2.55. The third-order valence-corrected chi connectivity index (χ3v) is 7.46. The number of halogens is 1. The molecule has 2 aliphatic rings. The molecule has 3 aromatic carbocycles. The first kappa shape index (κ1) is 24.2. The molecule has 1 fully saturated rings. The van der Waals surface area contributed by atoms with Crippen LogP contribution < -0.4 is 9.47 Å². The second-order valence-electron chi connectivity index (χ2n) is 9.47. The molecule has 0 amide bonds. The van der Waals surface area contributed by atoms with Crippen LogP contribution in [0.15, 0.2) is 60.7 Å². The summed E-state index contributed by atoms with van der Waals surface area (Å²) in [6.07, 6.45) is 0.866. The molecule has 2 heterocycles. The van der Waals surface area contributed by atoms with Crippen LogP contribution in [0.3, 0.4) is 0 Å². The van der Waals surface area contributed by atoms with Gasteiger partial charge in [-0.1, -0.05) is 43.1 Å². The lowest BCUT2D eigenvalue weighted by Crippen LogP contribution is -2.47. The Labute approximate surface area is 217 Å². The van der Waals surface area contributed by atoms with Crippen molar-refractivity contribution in [1.82, 2.24) is 4.90 Å². The topological polar surface area (TPSA) is 65.7 Å². The molecule has 0 unspecified atom stereocenters. The maximum absolute atomic E-state index is 10.1. The van der Waals surface area contributed by atoms with Crippen LogP contribution in [0.25, 0.3) is 11.1 Å². The van der Waals surface area contributed by atoms with E-state index in [-0.39, 0.29) is 11.9 Å². The Bertz CT molecular complexity index is 1340. The predicted octanol–water partition coefficient (Wildman–Crippen LogP) is 6.70. The first-order chi connectivity index (χ1) is 17.5. The van der Waals surface area contributed by atoms with Crippen LogP contribution in [0, 0.1) is 17.2 Å². The predicted molar refractivity (Wildman–Crippen MR) is 142 cm³/mol. The molecule has 0 saturated carbocycles. The smallest absolute Gasteiger partial charge is 0.150 e. The number of aromatic hydroxyl groups is 1. The third-order valence-electron chi connectivity index (χ3n) is 7.15. The van der Waals surface area contributed by atoms with E-state index in [0.29, 0.717) is 22.9 Å². The fraction of sp³-hybridized carbons (Fsp3) is 0.300. The molecule has 5 rings (SSSR count). The molecule has 3 aromatic rings. The van der Waals surface area contributed by atoms with Crippen molar-refractivity contribution in [2.45, 2.75) is 26.4 Å². The number of fused-ring (bicyclic) bond motifs is 1. The van der Waals surface area contributed by atoms with Gasteiger partial charge in [-0.25, -0.2) is 0 Å². The highest BCUT2D eigenvalue weighted by molar-refractivity contribution is 6.32. The van der Waals surface area contributed by atoms with Crippen molar-refractivity contribution < 1.29 is 14.6 Å². The van der Waals surface area contributed by atoms with Crippen molar-refractivity contribution >= 4 is 22.7 Å². The van der Waals surface area contributed by atoms with E-state index in [1.807, 2.05) is 37.3 Å². The number of ether oxygens (including phenoxy) is 2. The summed E-state index contributed by atoms with van der Waals surface area (Å²) >= 11 is 6.39. The summed E-state index contributed by atoms with van der Waals surface area (Å²) in [5, 5.41) is 19.8. The number of hydrogen-bond donors (Lipinski definition) is 1. The fourth-order valence-corrected chi connectivity index (χ4v) is 5.19. The lowest BCUT2D eigenvalue weighted by Gasteiger charge is -2.38. The van der Waals surface area contributed by atoms with Gasteiger partial charge in [0.05, 0.1) is 10.6 Å². The molecule has 1 saturated heterocycles. The minimum absolute atomic E-state index is 0.178. The molecular weight excluding hydrogens is 472 g/mol. The average molecular weight is 501 g/mol. The zero-order valence-electron chi connectivity index (χ0n) is 20.5. The summed E-state index contributed by atoms with van der Waals surface area (Å²) in [4.78, 5) is 2.43. The molecule has 6 heteroatoms. The molecule has 0 radical (unpaired) electrons. The van der Waals surface area contributed by atoms with Crippen LogP contribution in [-0.2, 0) is 0 Å². The van der Waals surface area contributed by atoms with Gasteiger partial charge in [0, 0.05) is 30.8 Å². The lowest BCUT2D eigenvalue weighted by atomic mass is 9.86. The normalized spacial score (nSPS) is 17.7. The second-order valence-corrected chi connectivity index (χ2v) is 9.88. The highest BCUT2D eigenvalue weighted by Gasteiger charge is 2.30. The van der Waals surface area contributed by atoms with Gasteiger partial charge in [-0.15, -0.1) is 0 Å². The molecule has 1 N–H and O–H groups in total. The zero-order valence-corrected chi connectivity index (χ0v) is 21.3. The summed E-state index contributed by atoms with van der Waals surface area (Å²) in [6, 6.07) is 20.7. The van der Waals surface area contributed by atoms with Gasteiger partial charge in [0.2, 0.25) is 0 Å². The Balaban J connectivity index is 1.41. The first-order valence-corrected chi connectivity index (χ1v) is 12.7. The molecule has 184 valence electrons. The Morgan fingerprint density at radius 2 is 1.89 bits per heavy atom. The molecule has 0 aliphatic carbocycles. The summed E-state index contributed by atoms with van der Waals surface area (Å²) in [6.45, 7) is 8.22. The van der Waals surface area contributed by atoms with Gasteiger partial charge >= 0.3 is 0 Å². The molecule has 0 spiro atoms. The Hall–Kier alpha value is -3.46. The van der Waals surface area contributed by atoms with Gasteiger partial charge < -0.3 is 14.6 Å². The minimum atomic E-state index is -0.382.